The molecule has 1 aromatic heterocycles. The minimum absolute atomic E-state index is 0.227. The Kier molecular flexibility index (Phi) is 5.24. The van der Waals surface area contributed by atoms with Crippen LogP contribution in [0.15, 0.2) is 12.1 Å². The molecule has 0 radical (unpaired) electrons. The van der Waals surface area contributed by atoms with Crippen LogP contribution in [0.3, 0.4) is 0 Å². The summed E-state index contributed by atoms with van der Waals surface area (Å²) in [5, 5.41) is 0. The first-order chi connectivity index (χ1) is 9.45. The maximum absolute atomic E-state index is 6.05. The van der Waals surface area contributed by atoms with E-state index in [1.165, 1.54) is 9.75 Å². The zero-order valence-corrected chi connectivity index (χ0v) is 14.0. The molecule has 0 bridgehead atoms. The zero-order chi connectivity index (χ0) is 14.8. The Hall–Kier alpha value is -0.420. The second kappa shape index (κ2) is 6.56. The summed E-state index contributed by atoms with van der Waals surface area (Å²) in [4.78, 5) is 5.37. The van der Waals surface area contributed by atoms with Gasteiger partial charge >= 0.3 is 0 Å². The minimum atomic E-state index is 0.227. The van der Waals surface area contributed by atoms with Gasteiger partial charge in [-0.3, -0.25) is 4.90 Å². The summed E-state index contributed by atoms with van der Waals surface area (Å²) in [6.45, 7) is 9.67. The van der Waals surface area contributed by atoms with E-state index in [1.54, 1.807) is 0 Å². The maximum atomic E-state index is 6.05. The molecule has 0 saturated carbocycles. The number of nitrogens with two attached hydrogens (primary N) is 1. The molecule has 1 aliphatic heterocycles. The van der Waals surface area contributed by atoms with Crippen LogP contribution in [0.5, 0.6) is 0 Å². The third-order valence-corrected chi connectivity index (χ3v) is 5.78. The van der Waals surface area contributed by atoms with E-state index >= 15 is 0 Å². The Morgan fingerprint density at radius 3 is 2.45 bits per heavy atom. The smallest absolute Gasteiger partial charge is 0.0595 e. The van der Waals surface area contributed by atoms with Gasteiger partial charge in [0, 0.05) is 36.5 Å². The molecule has 1 unspecified atom stereocenters. The van der Waals surface area contributed by atoms with Crippen molar-refractivity contribution in [2.45, 2.75) is 51.2 Å². The largest absolute Gasteiger partial charge is 0.381 e. The van der Waals surface area contributed by atoms with Crippen molar-refractivity contribution >= 4 is 11.3 Å². The number of likely N-dealkylation sites (tertiary alicyclic amines) is 1. The fraction of sp³-hybridized carbons (Fsp3) is 0.750. The van der Waals surface area contributed by atoms with Crippen molar-refractivity contribution in [2.75, 3.05) is 26.7 Å². The minimum Gasteiger partial charge on any atom is -0.381 e. The number of piperidine rings is 1. The van der Waals surface area contributed by atoms with Gasteiger partial charge in [-0.15, -0.1) is 11.3 Å². The summed E-state index contributed by atoms with van der Waals surface area (Å²) in [6, 6.07) is 4.91. The maximum Gasteiger partial charge on any atom is 0.0595 e. The summed E-state index contributed by atoms with van der Waals surface area (Å²) in [5.41, 5.74) is 6.28. The predicted molar refractivity (Wildman–Crippen MR) is 86.4 cm³/mol. The molecule has 1 aliphatic rings. The molecule has 114 valence electrons. The molecule has 0 aliphatic carbocycles. The second-order valence-corrected chi connectivity index (χ2v) is 7.79. The molecule has 1 fully saturated rings. The van der Waals surface area contributed by atoms with Gasteiger partial charge in [0.15, 0.2) is 0 Å². The van der Waals surface area contributed by atoms with Crippen LogP contribution in [0.1, 0.15) is 49.4 Å². The highest BCUT2D eigenvalue weighted by Gasteiger charge is 2.27. The summed E-state index contributed by atoms with van der Waals surface area (Å²) in [5.74, 6) is 0. The highest BCUT2D eigenvalue weighted by Crippen LogP contribution is 2.35. The van der Waals surface area contributed by atoms with E-state index in [-0.39, 0.29) is 5.41 Å². The average Bonchev–Trinajstić information content (AvgIpc) is 2.90. The van der Waals surface area contributed by atoms with E-state index < -0.39 is 0 Å². The standard InChI is InChI=1S/C16H28N2OS/c1-16(2,3)15-6-5-14(20-15)13(11-17)18-9-7-12(19-4)8-10-18/h5-6,12-13H,7-11,17H2,1-4H3. The average molecular weight is 296 g/mol. The summed E-state index contributed by atoms with van der Waals surface area (Å²) in [7, 11) is 1.82. The van der Waals surface area contributed by atoms with Crippen LogP contribution in [0.4, 0.5) is 0 Å². The van der Waals surface area contributed by atoms with Gasteiger partial charge in [-0.05, 0) is 30.4 Å². The van der Waals surface area contributed by atoms with Crippen LogP contribution in [-0.4, -0.2) is 37.7 Å². The highest BCUT2D eigenvalue weighted by atomic mass is 32.1. The van der Waals surface area contributed by atoms with Gasteiger partial charge < -0.3 is 10.5 Å². The predicted octanol–water partition coefficient (Wildman–Crippen LogP) is 3.16. The summed E-state index contributed by atoms with van der Waals surface area (Å²) in [6.07, 6.45) is 2.66. The Balaban J connectivity index is 2.07. The summed E-state index contributed by atoms with van der Waals surface area (Å²) < 4.78 is 5.45. The molecular weight excluding hydrogens is 268 g/mol. The second-order valence-electron chi connectivity index (χ2n) is 6.67. The van der Waals surface area contributed by atoms with E-state index in [0.717, 1.165) is 25.9 Å². The molecule has 2 heterocycles. The first-order valence-corrected chi connectivity index (χ1v) is 8.34. The van der Waals surface area contributed by atoms with E-state index in [2.05, 4.69) is 37.8 Å². The quantitative estimate of drug-likeness (QED) is 0.927. The van der Waals surface area contributed by atoms with Crippen LogP contribution in [0.25, 0.3) is 0 Å². The Morgan fingerprint density at radius 2 is 2.00 bits per heavy atom. The van der Waals surface area contributed by atoms with Crippen molar-refractivity contribution in [3.05, 3.63) is 21.9 Å². The van der Waals surface area contributed by atoms with Crippen LogP contribution >= 0.6 is 11.3 Å². The number of hydrogen-bond donors (Lipinski definition) is 1. The molecular formula is C16H28N2OS. The molecule has 1 atom stereocenters. The Labute approximate surface area is 127 Å². The van der Waals surface area contributed by atoms with E-state index in [1.807, 2.05) is 18.4 Å². The number of hydrogen-bond acceptors (Lipinski definition) is 4. The highest BCUT2D eigenvalue weighted by molar-refractivity contribution is 7.12. The van der Waals surface area contributed by atoms with Crippen molar-refractivity contribution in [3.63, 3.8) is 0 Å². The lowest BCUT2D eigenvalue weighted by Crippen LogP contribution is -2.41. The van der Waals surface area contributed by atoms with Gasteiger partial charge in [0.05, 0.1) is 12.1 Å². The fourth-order valence-electron chi connectivity index (χ4n) is 2.80. The number of ether oxygens (including phenoxy) is 1. The van der Waals surface area contributed by atoms with Crippen molar-refractivity contribution in [1.82, 2.24) is 4.90 Å². The molecule has 4 heteroatoms. The fourth-order valence-corrected chi connectivity index (χ4v) is 4.02. The van der Waals surface area contributed by atoms with Gasteiger partial charge in [0.25, 0.3) is 0 Å². The van der Waals surface area contributed by atoms with Crippen LogP contribution in [-0.2, 0) is 10.2 Å². The van der Waals surface area contributed by atoms with Gasteiger partial charge in [0.2, 0.25) is 0 Å². The molecule has 2 N–H and O–H groups in total. The van der Waals surface area contributed by atoms with E-state index in [4.69, 9.17) is 10.5 Å². The molecule has 1 saturated heterocycles. The molecule has 2 rings (SSSR count). The third kappa shape index (κ3) is 3.61. The van der Waals surface area contributed by atoms with Crippen molar-refractivity contribution < 1.29 is 4.74 Å². The monoisotopic (exact) mass is 296 g/mol. The number of methoxy groups -OCH3 is 1. The zero-order valence-electron chi connectivity index (χ0n) is 13.2. The van der Waals surface area contributed by atoms with E-state index in [9.17, 15) is 0 Å². The Morgan fingerprint density at radius 1 is 1.35 bits per heavy atom. The topological polar surface area (TPSA) is 38.5 Å². The number of thiophene rings is 1. The van der Waals surface area contributed by atoms with Crippen LogP contribution in [0, 0.1) is 0 Å². The van der Waals surface area contributed by atoms with Crippen molar-refractivity contribution in [3.8, 4) is 0 Å². The molecule has 1 aromatic rings. The normalized spacial score (nSPS) is 20.2. The molecule has 0 aromatic carbocycles. The molecule has 20 heavy (non-hydrogen) atoms. The van der Waals surface area contributed by atoms with E-state index in [0.29, 0.717) is 18.7 Å². The van der Waals surface area contributed by atoms with Gasteiger partial charge in [-0.25, -0.2) is 0 Å². The lowest BCUT2D eigenvalue weighted by atomic mass is 9.95. The van der Waals surface area contributed by atoms with Crippen molar-refractivity contribution in [1.29, 1.82) is 0 Å². The SMILES string of the molecule is COC1CCN(C(CN)c2ccc(C(C)(C)C)s2)CC1. The Bertz CT molecular complexity index is 416. The molecule has 3 nitrogen and oxygen atoms in total. The molecule has 0 amide bonds. The number of nitrogens with zero attached hydrogens (tertiary/aromatic N) is 1. The first kappa shape index (κ1) is 16.0. The van der Waals surface area contributed by atoms with Crippen LogP contribution < -0.4 is 5.73 Å². The lowest BCUT2D eigenvalue weighted by Gasteiger charge is -2.36. The van der Waals surface area contributed by atoms with Gasteiger partial charge in [0.1, 0.15) is 0 Å². The van der Waals surface area contributed by atoms with Crippen molar-refractivity contribution in [2.24, 2.45) is 5.73 Å². The van der Waals surface area contributed by atoms with Gasteiger partial charge in [-0.1, -0.05) is 20.8 Å². The van der Waals surface area contributed by atoms with Crippen LogP contribution in [0.2, 0.25) is 0 Å². The lowest BCUT2D eigenvalue weighted by molar-refractivity contribution is 0.0285. The third-order valence-electron chi connectivity index (χ3n) is 4.17. The van der Waals surface area contributed by atoms with Gasteiger partial charge in [-0.2, -0.15) is 0 Å². The first-order valence-electron chi connectivity index (χ1n) is 7.53. The summed E-state index contributed by atoms with van der Waals surface area (Å²) >= 11 is 1.92. The molecule has 0 spiro atoms. The number of rotatable bonds is 4.